The lowest BCUT2D eigenvalue weighted by molar-refractivity contribution is 1.10. The average molecular weight is 176 g/mol. The van der Waals surface area contributed by atoms with Gasteiger partial charge in [-0.1, -0.05) is 29.5 Å². The van der Waals surface area contributed by atoms with Crippen molar-refractivity contribution < 1.29 is 0 Å². The second kappa shape index (κ2) is 2.91. The molecule has 0 unspecified atom stereocenters. The van der Waals surface area contributed by atoms with Crippen molar-refractivity contribution in [3.63, 3.8) is 0 Å². The smallest absolute Gasteiger partial charge is 0.203 e. The predicted molar refractivity (Wildman–Crippen MR) is 48.6 cm³/mol. The van der Waals surface area contributed by atoms with E-state index in [0.717, 1.165) is 10.6 Å². The molecule has 0 spiro atoms. The summed E-state index contributed by atoms with van der Waals surface area (Å²) in [6, 6.07) is 10.5. The highest BCUT2D eigenvalue weighted by Crippen LogP contribution is 2.23. The highest BCUT2D eigenvalue weighted by atomic mass is 32.1. The summed E-state index contributed by atoms with van der Waals surface area (Å²) in [6.07, 6.45) is 0. The maximum absolute atomic E-state index is 5.45. The zero-order valence-electron chi connectivity index (χ0n) is 6.19. The molecule has 2 rings (SSSR count). The Kier molecular flexibility index (Phi) is 1.75. The number of nitrogen functional groups attached to an aromatic ring is 1. The largest absolute Gasteiger partial charge is 0.374 e. The van der Waals surface area contributed by atoms with Crippen LogP contribution in [0, 0.1) is 6.07 Å². The SMILES string of the molecule is Nc1nnc(-c2c[c]ccc2)s1. The first kappa shape index (κ1) is 7.24. The molecule has 0 aliphatic carbocycles. The van der Waals surface area contributed by atoms with Gasteiger partial charge in [-0.05, 0) is 12.1 Å². The van der Waals surface area contributed by atoms with Gasteiger partial charge in [-0.3, -0.25) is 0 Å². The highest BCUT2D eigenvalue weighted by Gasteiger charge is 2.01. The van der Waals surface area contributed by atoms with Gasteiger partial charge >= 0.3 is 0 Å². The Morgan fingerprint density at radius 1 is 1.42 bits per heavy atom. The Balaban J connectivity index is 2.45. The van der Waals surface area contributed by atoms with E-state index in [1.54, 1.807) is 0 Å². The fourth-order valence-electron chi connectivity index (χ4n) is 0.878. The summed E-state index contributed by atoms with van der Waals surface area (Å²) in [5.41, 5.74) is 6.46. The molecular formula is C8H6N3S. The summed E-state index contributed by atoms with van der Waals surface area (Å²) in [5, 5.41) is 8.97. The van der Waals surface area contributed by atoms with E-state index in [1.165, 1.54) is 11.3 Å². The van der Waals surface area contributed by atoms with Gasteiger partial charge in [0.05, 0.1) is 0 Å². The predicted octanol–water partition coefficient (Wildman–Crippen LogP) is 1.59. The van der Waals surface area contributed by atoms with E-state index < -0.39 is 0 Å². The van der Waals surface area contributed by atoms with Crippen LogP contribution in [0.1, 0.15) is 0 Å². The fourth-order valence-corrected chi connectivity index (χ4v) is 1.48. The summed E-state index contributed by atoms with van der Waals surface area (Å²) in [5.74, 6) is 0. The van der Waals surface area contributed by atoms with Crippen LogP contribution in [0.25, 0.3) is 10.6 Å². The van der Waals surface area contributed by atoms with Crippen LogP contribution in [0.5, 0.6) is 0 Å². The van der Waals surface area contributed by atoms with Crippen molar-refractivity contribution >= 4 is 16.5 Å². The molecule has 1 radical (unpaired) electrons. The quantitative estimate of drug-likeness (QED) is 0.717. The van der Waals surface area contributed by atoms with Gasteiger partial charge in [0.15, 0.2) is 0 Å². The standard InChI is InChI=1S/C8H6N3S/c9-8-11-10-7(12-8)6-4-2-1-3-5-6/h1-2,4-5H,(H2,9,11). The van der Waals surface area contributed by atoms with Crippen LogP contribution in [0.3, 0.4) is 0 Å². The zero-order valence-corrected chi connectivity index (χ0v) is 7.01. The minimum absolute atomic E-state index is 0.494. The Labute approximate surface area is 73.9 Å². The molecule has 2 aromatic rings. The fraction of sp³-hybridized carbons (Fsp3) is 0. The molecule has 3 nitrogen and oxygen atoms in total. The van der Waals surface area contributed by atoms with Crippen molar-refractivity contribution in [3.8, 4) is 10.6 Å². The number of hydrogen-bond donors (Lipinski definition) is 1. The van der Waals surface area contributed by atoms with Crippen LogP contribution in [-0.4, -0.2) is 10.2 Å². The van der Waals surface area contributed by atoms with Gasteiger partial charge in [-0.2, -0.15) is 0 Å². The van der Waals surface area contributed by atoms with E-state index in [1.807, 2.05) is 24.3 Å². The molecule has 0 atom stereocenters. The number of benzene rings is 1. The van der Waals surface area contributed by atoms with Gasteiger partial charge in [0.2, 0.25) is 5.13 Å². The number of aromatic nitrogens is 2. The summed E-state index contributed by atoms with van der Waals surface area (Å²) >= 11 is 1.38. The first-order valence-corrected chi connectivity index (χ1v) is 4.23. The molecule has 59 valence electrons. The topological polar surface area (TPSA) is 51.8 Å². The Morgan fingerprint density at radius 3 is 2.92 bits per heavy atom. The number of anilines is 1. The molecule has 1 aromatic carbocycles. The lowest BCUT2D eigenvalue weighted by Gasteiger charge is -1.90. The molecule has 1 heterocycles. The lowest BCUT2D eigenvalue weighted by atomic mass is 10.2. The Hall–Kier alpha value is -1.42. The minimum atomic E-state index is 0.494. The van der Waals surface area contributed by atoms with Crippen molar-refractivity contribution in [3.05, 3.63) is 30.3 Å². The third kappa shape index (κ3) is 1.29. The van der Waals surface area contributed by atoms with E-state index >= 15 is 0 Å². The van der Waals surface area contributed by atoms with Crippen LogP contribution in [0.2, 0.25) is 0 Å². The van der Waals surface area contributed by atoms with Crippen LogP contribution in [0.4, 0.5) is 5.13 Å². The highest BCUT2D eigenvalue weighted by molar-refractivity contribution is 7.18. The van der Waals surface area contributed by atoms with E-state index in [0.29, 0.717) is 5.13 Å². The second-order valence-corrected chi connectivity index (χ2v) is 3.25. The van der Waals surface area contributed by atoms with E-state index in [2.05, 4.69) is 16.3 Å². The third-order valence-corrected chi connectivity index (χ3v) is 2.20. The van der Waals surface area contributed by atoms with Gasteiger partial charge < -0.3 is 5.73 Å². The number of nitrogens with zero attached hydrogens (tertiary/aromatic N) is 2. The Bertz CT molecular complexity index is 369. The summed E-state index contributed by atoms with van der Waals surface area (Å²) < 4.78 is 0. The van der Waals surface area contributed by atoms with Crippen LogP contribution >= 0.6 is 11.3 Å². The van der Waals surface area contributed by atoms with Crippen LogP contribution in [0.15, 0.2) is 24.3 Å². The maximum atomic E-state index is 5.45. The van der Waals surface area contributed by atoms with Crippen molar-refractivity contribution in [1.29, 1.82) is 0 Å². The summed E-state index contributed by atoms with van der Waals surface area (Å²) in [6.45, 7) is 0. The molecule has 0 saturated heterocycles. The molecule has 4 heteroatoms. The number of hydrogen-bond acceptors (Lipinski definition) is 4. The molecule has 1 aromatic heterocycles. The van der Waals surface area contributed by atoms with E-state index in [9.17, 15) is 0 Å². The lowest BCUT2D eigenvalue weighted by Crippen LogP contribution is -1.80. The van der Waals surface area contributed by atoms with Gasteiger partial charge in [0.25, 0.3) is 0 Å². The maximum Gasteiger partial charge on any atom is 0.203 e. The molecule has 0 bridgehead atoms. The first-order valence-electron chi connectivity index (χ1n) is 3.42. The normalized spacial score (nSPS) is 10.0. The van der Waals surface area contributed by atoms with Crippen molar-refractivity contribution in [2.45, 2.75) is 0 Å². The van der Waals surface area contributed by atoms with Gasteiger partial charge in [-0.15, -0.1) is 10.2 Å². The van der Waals surface area contributed by atoms with Crippen molar-refractivity contribution in [2.75, 3.05) is 5.73 Å². The molecule has 0 saturated carbocycles. The third-order valence-electron chi connectivity index (χ3n) is 1.39. The van der Waals surface area contributed by atoms with Gasteiger partial charge in [0.1, 0.15) is 5.01 Å². The summed E-state index contributed by atoms with van der Waals surface area (Å²) in [7, 11) is 0. The monoisotopic (exact) mass is 176 g/mol. The van der Waals surface area contributed by atoms with Crippen molar-refractivity contribution in [1.82, 2.24) is 10.2 Å². The molecule has 0 aliphatic heterocycles. The first-order chi connectivity index (χ1) is 5.86. The molecule has 12 heavy (non-hydrogen) atoms. The summed E-state index contributed by atoms with van der Waals surface area (Å²) in [4.78, 5) is 0. The van der Waals surface area contributed by atoms with Gasteiger partial charge in [-0.25, -0.2) is 0 Å². The minimum Gasteiger partial charge on any atom is -0.374 e. The molecule has 2 N–H and O–H groups in total. The van der Waals surface area contributed by atoms with E-state index in [4.69, 9.17) is 5.73 Å². The molecule has 0 aliphatic rings. The van der Waals surface area contributed by atoms with Crippen LogP contribution < -0.4 is 5.73 Å². The van der Waals surface area contributed by atoms with Crippen molar-refractivity contribution in [2.24, 2.45) is 0 Å². The number of rotatable bonds is 1. The second-order valence-electron chi connectivity index (χ2n) is 2.24. The average Bonchev–Trinajstić information content (AvgIpc) is 2.54. The Morgan fingerprint density at radius 2 is 2.33 bits per heavy atom. The molecular weight excluding hydrogens is 170 g/mol. The number of nitrogens with two attached hydrogens (primary N) is 1. The van der Waals surface area contributed by atoms with Crippen LogP contribution in [-0.2, 0) is 0 Å². The van der Waals surface area contributed by atoms with E-state index in [-0.39, 0.29) is 0 Å². The zero-order chi connectivity index (χ0) is 8.39. The molecule has 0 amide bonds. The molecule has 0 fully saturated rings. The van der Waals surface area contributed by atoms with Gasteiger partial charge in [0, 0.05) is 5.56 Å².